The first kappa shape index (κ1) is 113. The van der Waals surface area contributed by atoms with Crippen molar-refractivity contribution in [2.24, 2.45) is 17.6 Å². The molecular weight excluding hydrogens is 1580 g/mol. The number of ether oxygens (including phenoxy) is 8. The molecular formula is C85H151N9O27. The van der Waals surface area contributed by atoms with Crippen LogP contribution in [-0.4, -0.2) is 272 Å². The topological polar surface area (TPSA) is 533 Å². The zero-order valence-corrected chi connectivity index (χ0v) is 72.9. The zero-order chi connectivity index (χ0) is 89.6. The number of carboxylic acid groups (broad SMARTS) is 4. The fourth-order valence-electron chi connectivity index (χ4n) is 12.5. The molecule has 36 nitrogen and oxygen atoms in total. The lowest BCUT2D eigenvalue weighted by Gasteiger charge is -2.23. The van der Waals surface area contributed by atoms with Crippen molar-refractivity contribution in [3.8, 4) is 0 Å². The van der Waals surface area contributed by atoms with Crippen LogP contribution in [0.2, 0.25) is 0 Å². The molecule has 121 heavy (non-hydrogen) atoms. The minimum Gasteiger partial charge on any atom is -0.481 e. The molecule has 0 radical (unpaired) electrons. The van der Waals surface area contributed by atoms with Crippen molar-refractivity contribution in [3.63, 3.8) is 0 Å². The summed E-state index contributed by atoms with van der Waals surface area (Å²) in [4.78, 5) is 183. The molecule has 14 N–H and O–H groups in total. The third-order valence-electron chi connectivity index (χ3n) is 19.6. The van der Waals surface area contributed by atoms with Gasteiger partial charge in [0.05, 0.1) is 84.8 Å². The van der Waals surface area contributed by atoms with Gasteiger partial charge >= 0.3 is 23.9 Å². The third-order valence-corrected chi connectivity index (χ3v) is 19.6. The second kappa shape index (κ2) is 78.3. The summed E-state index contributed by atoms with van der Waals surface area (Å²) in [5.74, 6) is -9.26. The summed E-state index contributed by atoms with van der Waals surface area (Å²) in [5.41, 5.74) is 4.90. The lowest BCUT2D eigenvalue weighted by molar-refractivity contribution is -0.143. The van der Waals surface area contributed by atoms with Gasteiger partial charge in [-0.15, -0.1) is 0 Å². The molecule has 0 unspecified atom stereocenters. The number of aliphatic carboxylic acids is 4. The fourth-order valence-corrected chi connectivity index (χ4v) is 12.5. The molecule has 36 heteroatoms. The summed E-state index contributed by atoms with van der Waals surface area (Å²) in [7, 11) is 0. The molecule has 0 bridgehead atoms. The summed E-state index contributed by atoms with van der Waals surface area (Å²) in [6, 6.07) is -2.66. The Morgan fingerprint density at radius 2 is 0.545 bits per heavy atom. The predicted molar refractivity (Wildman–Crippen MR) is 450 cm³/mol. The van der Waals surface area contributed by atoms with Gasteiger partial charge in [0.15, 0.2) is 5.78 Å². The SMILES string of the molecule is CC(=O)[C@H](CCCCNC(=O)COCCOCCNC(=O)CC[C@H](NC(=O)COCCOCCNC(=O)CCCCCCCCCCCCCCC(=O)O)C(=O)O)CC(=O)[C@H](CCCCNC(=O)COCCOCCNC(=O)CC[C@H](NC(=O)COCCOCCNC(=O)CCCCCCCCCCCCCCC(=O)O)C(=O)O)CC(=O)C(C)(C)N. The first-order valence-electron chi connectivity index (χ1n) is 44.2. The molecule has 0 aliphatic carbocycles. The minimum absolute atomic E-state index is 0.0424. The van der Waals surface area contributed by atoms with Gasteiger partial charge in [-0.25, -0.2) is 9.59 Å². The van der Waals surface area contributed by atoms with Crippen LogP contribution >= 0.6 is 0 Å². The van der Waals surface area contributed by atoms with E-state index in [9.17, 15) is 82.1 Å². The van der Waals surface area contributed by atoms with Crippen LogP contribution < -0.4 is 48.3 Å². The Morgan fingerprint density at radius 1 is 0.281 bits per heavy atom. The van der Waals surface area contributed by atoms with Crippen molar-refractivity contribution in [1.29, 1.82) is 0 Å². The van der Waals surface area contributed by atoms with Crippen molar-refractivity contribution < 1.29 is 130 Å². The Kier molecular flexibility index (Phi) is 73.3. The monoisotopic (exact) mass is 1730 g/mol. The molecule has 0 spiro atoms. The molecule has 0 fully saturated rings. The number of carbonyl (C=O) groups is 15. The van der Waals surface area contributed by atoms with Crippen molar-refractivity contribution in [3.05, 3.63) is 0 Å². The molecule has 698 valence electrons. The number of nitrogens with one attached hydrogen (secondary N) is 8. The number of hydrogen-bond acceptors (Lipinski definition) is 24. The largest absolute Gasteiger partial charge is 0.481 e. The number of ketones is 3. The Balaban J connectivity index is 4.21. The van der Waals surface area contributed by atoms with E-state index in [4.69, 9.17) is 53.8 Å². The maximum absolute atomic E-state index is 13.7. The Hall–Kier alpha value is -7.71. The number of carbonyl (C=O) groups excluding carboxylic acids is 11. The van der Waals surface area contributed by atoms with Crippen LogP contribution in [0.25, 0.3) is 0 Å². The number of nitrogens with two attached hydrogens (primary N) is 1. The van der Waals surface area contributed by atoms with Gasteiger partial charge in [0.1, 0.15) is 50.1 Å². The van der Waals surface area contributed by atoms with Gasteiger partial charge in [-0.2, -0.15) is 0 Å². The molecule has 0 heterocycles. The highest BCUT2D eigenvalue weighted by Gasteiger charge is 2.31. The number of rotatable bonds is 89. The molecule has 0 aromatic heterocycles. The third kappa shape index (κ3) is 75.7. The van der Waals surface area contributed by atoms with E-state index in [0.717, 1.165) is 103 Å². The first-order chi connectivity index (χ1) is 58.1. The molecule has 0 aromatic carbocycles. The fraction of sp³-hybridized carbons (Fsp3) is 0.824. The van der Waals surface area contributed by atoms with Crippen LogP contribution in [0.5, 0.6) is 0 Å². The number of unbranched alkanes of at least 4 members (excludes halogenated alkanes) is 24. The van der Waals surface area contributed by atoms with Gasteiger partial charge in [0.2, 0.25) is 47.3 Å². The van der Waals surface area contributed by atoms with Crippen LogP contribution in [0.4, 0.5) is 0 Å². The van der Waals surface area contributed by atoms with Crippen LogP contribution in [0.1, 0.15) is 278 Å². The minimum atomic E-state index is -1.33. The molecule has 4 atom stereocenters. The summed E-state index contributed by atoms with van der Waals surface area (Å²) in [6.45, 7) is 6.10. The Bertz CT molecular complexity index is 2870. The summed E-state index contributed by atoms with van der Waals surface area (Å²) in [5, 5.41) is 57.6. The number of Topliss-reactive ketones (excluding diaryl/α,β-unsaturated/α-hetero) is 3. The quantitative estimate of drug-likeness (QED) is 0.0292. The average Bonchev–Trinajstić information content (AvgIpc) is 0.874. The van der Waals surface area contributed by atoms with E-state index in [0.29, 0.717) is 64.5 Å². The lowest BCUT2D eigenvalue weighted by atomic mass is 9.82. The first-order valence-corrected chi connectivity index (χ1v) is 44.2. The maximum Gasteiger partial charge on any atom is 0.326 e. The Labute approximate surface area is 716 Å². The van der Waals surface area contributed by atoms with Crippen molar-refractivity contribution in [2.75, 3.05) is 145 Å². The van der Waals surface area contributed by atoms with Crippen LogP contribution in [0.3, 0.4) is 0 Å². The van der Waals surface area contributed by atoms with Gasteiger partial charge in [-0.1, -0.05) is 141 Å². The van der Waals surface area contributed by atoms with E-state index in [1.54, 1.807) is 13.8 Å². The highest BCUT2D eigenvalue weighted by atomic mass is 16.5. The second-order valence-electron chi connectivity index (χ2n) is 31.0. The highest BCUT2D eigenvalue weighted by Crippen LogP contribution is 2.25. The van der Waals surface area contributed by atoms with E-state index < -0.39 is 90.2 Å². The second-order valence-corrected chi connectivity index (χ2v) is 31.0. The summed E-state index contributed by atoms with van der Waals surface area (Å²) < 4.78 is 43.2. The standard InChI is InChI=1S/C85H151N9O27/c1-66(95)67(32-28-30-42-87-77(102)62-118-56-52-116-50-46-91-75(100)40-38-69(83(110)111)93-79(104)64-120-58-54-114-48-44-89-73(98)34-24-20-16-12-8-4-6-10-14-18-22-26-36-81(106)107)60-71(96)68(61-72(97)85(2,3)86)33-29-31-43-88-78(103)63-119-57-53-117-51-47-92-76(101)41-39-70(84(112)113)94-80(105)65-121-59-55-115-49-45-90-74(99)35-25-21-17-13-9-5-7-11-15-19-23-27-37-82(108)109/h67-70H,4-65,86H2,1-3H3,(H,87,102)(H,88,103)(H,89,98)(H,90,99)(H,91,100)(H,92,101)(H,93,104)(H,94,105)(H,106,107)(H,108,109)(H,110,111)(H,112,113)/t67-,68-,69+,70+/m1/s1. The summed E-state index contributed by atoms with van der Waals surface area (Å²) >= 11 is 0. The van der Waals surface area contributed by atoms with E-state index in [1.807, 2.05) is 0 Å². The molecule has 0 saturated carbocycles. The lowest BCUT2D eigenvalue weighted by Crippen LogP contribution is -2.43. The molecule has 0 rings (SSSR count). The van der Waals surface area contributed by atoms with E-state index in [-0.39, 0.29) is 211 Å². The highest BCUT2D eigenvalue weighted by molar-refractivity contribution is 5.94. The maximum atomic E-state index is 13.7. The van der Waals surface area contributed by atoms with Crippen molar-refractivity contribution in [1.82, 2.24) is 42.5 Å². The smallest absolute Gasteiger partial charge is 0.326 e. The number of hydrogen-bond donors (Lipinski definition) is 13. The van der Waals surface area contributed by atoms with Crippen molar-refractivity contribution >= 4 is 88.5 Å². The normalized spacial score (nSPS) is 12.3. The van der Waals surface area contributed by atoms with E-state index >= 15 is 0 Å². The molecule has 8 amide bonds. The average molecular weight is 1730 g/mol. The molecule has 0 aliphatic heterocycles. The van der Waals surface area contributed by atoms with Crippen LogP contribution in [-0.2, 0) is 110 Å². The number of amides is 8. The molecule has 0 saturated heterocycles. The van der Waals surface area contributed by atoms with Crippen LogP contribution in [0.15, 0.2) is 0 Å². The van der Waals surface area contributed by atoms with Gasteiger partial charge < -0.3 is 107 Å². The number of carboxylic acids is 4. The van der Waals surface area contributed by atoms with Gasteiger partial charge in [0, 0.05) is 102 Å². The molecule has 0 aromatic rings. The van der Waals surface area contributed by atoms with E-state index in [2.05, 4.69) is 42.5 Å². The zero-order valence-electron chi connectivity index (χ0n) is 72.9. The Morgan fingerprint density at radius 3 is 0.835 bits per heavy atom. The van der Waals surface area contributed by atoms with Gasteiger partial charge in [0.25, 0.3) is 0 Å². The van der Waals surface area contributed by atoms with Crippen LogP contribution in [0, 0.1) is 11.8 Å². The molecule has 0 aliphatic rings. The summed E-state index contributed by atoms with van der Waals surface area (Å²) in [6.07, 6.45) is 28.7. The van der Waals surface area contributed by atoms with Gasteiger partial charge in [-0.3, -0.25) is 62.3 Å². The van der Waals surface area contributed by atoms with E-state index in [1.165, 1.54) is 58.3 Å². The van der Waals surface area contributed by atoms with Crippen molar-refractivity contribution in [2.45, 2.75) is 295 Å². The predicted octanol–water partition coefficient (Wildman–Crippen LogP) is 6.43. The van der Waals surface area contributed by atoms with Gasteiger partial charge in [-0.05, 0) is 85.0 Å².